The van der Waals surface area contributed by atoms with E-state index in [0.29, 0.717) is 36.5 Å². The Morgan fingerprint density at radius 2 is 1.95 bits per heavy atom. The molecule has 38 heavy (non-hydrogen) atoms. The Bertz CT molecular complexity index is 1630. The average Bonchev–Trinajstić information content (AvgIpc) is 2.89. The van der Waals surface area contributed by atoms with Crippen molar-refractivity contribution in [2.45, 2.75) is 19.9 Å². The van der Waals surface area contributed by atoms with Crippen molar-refractivity contribution in [2.24, 2.45) is 0 Å². The van der Waals surface area contributed by atoms with Crippen LogP contribution in [0, 0.1) is 12.7 Å². The summed E-state index contributed by atoms with van der Waals surface area (Å²) in [5.41, 5.74) is 0.858. The van der Waals surface area contributed by atoms with E-state index in [1.54, 1.807) is 23.1 Å². The summed E-state index contributed by atoms with van der Waals surface area (Å²) in [6.07, 6.45) is 1.28. The summed E-state index contributed by atoms with van der Waals surface area (Å²) in [5.74, 6) is -0.820. The summed E-state index contributed by atoms with van der Waals surface area (Å²) in [5, 5.41) is 11.0. The number of aryl methyl sites for hydroxylation is 1. The minimum atomic E-state index is -0.700. The summed E-state index contributed by atoms with van der Waals surface area (Å²) >= 11 is 6.64. The number of nitrogens with zero attached hydrogens (tertiary/aromatic N) is 5. The maximum atomic E-state index is 14.8. The number of amides is 1. The molecule has 194 valence electrons. The van der Waals surface area contributed by atoms with Crippen LogP contribution >= 0.6 is 11.6 Å². The molecule has 1 saturated heterocycles. The summed E-state index contributed by atoms with van der Waals surface area (Å²) in [6.45, 7) is 8.61. The molecular formula is C28H25ClFN5O3. The fourth-order valence-corrected chi connectivity index (χ4v) is 5.13. The molecule has 10 heteroatoms. The normalized spacial score (nSPS) is 15.6. The van der Waals surface area contributed by atoms with Crippen LogP contribution in [0.1, 0.15) is 12.5 Å². The number of carbonyl (C=O) groups excluding carboxylic acids is 1. The van der Waals surface area contributed by atoms with E-state index in [-0.39, 0.29) is 39.6 Å². The number of para-hydroxylation sites is 1. The van der Waals surface area contributed by atoms with Gasteiger partial charge in [0.1, 0.15) is 17.4 Å². The first kappa shape index (κ1) is 25.4. The van der Waals surface area contributed by atoms with E-state index in [0.717, 1.165) is 5.56 Å². The number of pyridine rings is 1. The van der Waals surface area contributed by atoms with Crippen LogP contribution in [0.4, 0.5) is 10.2 Å². The zero-order valence-electron chi connectivity index (χ0n) is 20.9. The smallest absolute Gasteiger partial charge is 0.355 e. The van der Waals surface area contributed by atoms with Crippen LogP contribution in [0.5, 0.6) is 5.75 Å². The maximum absolute atomic E-state index is 14.8. The van der Waals surface area contributed by atoms with E-state index in [1.165, 1.54) is 28.8 Å². The summed E-state index contributed by atoms with van der Waals surface area (Å²) in [4.78, 5) is 38.5. The highest BCUT2D eigenvalue weighted by atomic mass is 35.5. The quantitative estimate of drug-likeness (QED) is 0.389. The molecule has 1 atom stereocenters. The van der Waals surface area contributed by atoms with Crippen LogP contribution in [0.3, 0.4) is 0 Å². The topological polar surface area (TPSA) is 91.6 Å². The van der Waals surface area contributed by atoms with Gasteiger partial charge in [-0.1, -0.05) is 42.4 Å². The lowest BCUT2D eigenvalue weighted by Crippen LogP contribution is -2.54. The largest absolute Gasteiger partial charge is 0.507 e. The number of phenolic OH excluding ortho intramolecular Hbond substituents is 1. The standard InChI is InChI=1S/C28H25ClFN5O3/c1-4-23(37)33-12-13-34(17(3)15-33)26-18-14-19(29)25(24-20(30)9-7-11-22(24)36)31-27(18)35(28(38)32-26)21-10-6-5-8-16(21)2/h4-11,14,17,36H,1,12-13,15H2,2-3H3/t17-/m0/s1. The summed E-state index contributed by atoms with van der Waals surface area (Å²) in [7, 11) is 0. The fraction of sp³-hybridized carbons (Fsp3) is 0.214. The lowest BCUT2D eigenvalue weighted by atomic mass is 10.1. The molecule has 4 aromatic rings. The van der Waals surface area contributed by atoms with Crippen LogP contribution in [-0.4, -0.2) is 56.1 Å². The molecule has 0 aliphatic carbocycles. The van der Waals surface area contributed by atoms with Crippen LogP contribution in [-0.2, 0) is 4.79 Å². The van der Waals surface area contributed by atoms with Crippen molar-refractivity contribution in [3.63, 3.8) is 0 Å². The second-order valence-corrected chi connectivity index (χ2v) is 9.60. The second-order valence-electron chi connectivity index (χ2n) is 9.19. The molecule has 3 heterocycles. The summed E-state index contributed by atoms with van der Waals surface area (Å²) in [6, 6.07) is 12.6. The van der Waals surface area contributed by atoms with E-state index >= 15 is 0 Å². The number of aromatic hydroxyl groups is 1. The third-order valence-electron chi connectivity index (χ3n) is 6.77. The highest BCUT2D eigenvalue weighted by molar-refractivity contribution is 6.34. The molecule has 1 aliphatic rings. The lowest BCUT2D eigenvalue weighted by Gasteiger charge is -2.40. The first-order valence-corrected chi connectivity index (χ1v) is 12.4. The number of piperazine rings is 1. The van der Waals surface area contributed by atoms with Crippen LogP contribution < -0.4 is 10.6 Å². The van der Waals surface area contributed by atoms with Gasteiger partial charge in [0.05, 0.1) is 27.4 Å². The molecule has 0 bridgehead atoms. The van der Waals surface area contributed by atoms with Gasteiger partial charge in [-0.3, -0.25) is 4.79 Å². The van der Waals surface area contributed by atoms with Gasteiger partial charge in [0.25, 0.3) is 0 Å². The van der Waals surface area contributed by atoms with Crippen molar-refractivity contribution in [3.05, 3.63) is 88.1 Å². The SMILES string of the molecule is C=CC(=O)N1CCN(c2nc(=O)n(-c3ccccc3C)c3nc(-c4c(O)cccc4F)c(Cl)cc23)[C@@H](C)C1. The Labute approximate surface area is 223 Å². The zero-order chi connectivity index (χ0) is 27.1. The molecule has 2 aromatic carbocycles. The van der Waals surface area contributed by atoms with Gasteiger partial charge >= 0.3 is 5.69 Å². The minimum Gasteiger partial charge on any atom is -0.507 e. The predicted molar refractivity (Wildman–Crippen MR) is 146 cm³/mol. The van der Waals surface area contributed by atoms with Gasteiger partial charge in [-0.15, -0.1) is 0 Å². The molecule has 0 radical (unpaired) electrons. The van der Waals surface area contributed by atoms with Gasteiger partial charge in [0.15, 0.2) is 5.65 Å². The molecule has 1 fully saturated rings. The van der Waals surface area contributed by atoms with Crippen molar-refractivity contribution in [3.8, 4) is 22.7 Å². The number of hydrogen-bond donors (Lipinski definition) is 1. The Balaban J connectivity index is 1.78. The van der Waals surface area contributed by atoms with Gasteiger partial charge in [0.2, 0.25) is 5.91 Å². The van der Waals surface area contributed by atoms with E-state index in [9.17, 15) is 19.1 Å². The molecule has 1 amide bonds. The number of hydrogen-bond acceptors (Lipinski definition) is 6. The number of anilines is 1. The highest BCUT2D eigenvalue weighted by Gasteiger charge is 2.30. The molecule has 1 N–H and O–H groups in total. The Morgan fingerprint density at radius 3 is 2.63 bits per heavy atom. The Kier molecular flexibility index (Phi) is 6.62. The van der Waals surface area contributed by atoms with E-state index in [2.05, 4.69) is 16.5 Å². The van der Waals surface area contributed by atoms with Gasteiger partial charge in [-0.05, 0) is 49.8 Å². The maximum Gasteiger partial charge on any atom is 0.355 e. The molecule has 8 nitrogen and oxygen atoms in total. The molecule has 1 aliphatic heterocycles. The van der Waals surface area contributed by atoms with Crippen LogP contribution in [0.25, 0.3) is 28.0 Å². The van der Waals surface area contributed by atoms with E-state index in [1.807, 2.05) is 30.9 Å². The van der Waals surface area contributed by atoms with Gasteiger partial charge in [0, 0.05) is 25.7 Å². The van der Waals surface area contributed by atoms with Crippen LogP contribution in [0.15, 0.2) is 66.0 Å². The van der Waals surface area contributed by atoms with Crippen molar-refractivity contribution in [1.82, 2.24) is 19.4 Å². The lowest BCUT2D eigenvalue weighted by molar-refractivity contribution is -0.126. The molecule has 0 spiro atoms. The van der Waals surface area contributed by atoms with Gasteiger partial charge in [-0.2, -0.15) is 4.98 Å². The fourth-order valence-electron chi connectivity index (χ4n) is 4.88. The number of halogens is 2. The minimum absolute atomic E-state index is 0.00287. The number of benzene rings is 2. The van der Waals surface area contributed by atoms with E-state index < -0.39 is 11.5 Å². The average molecular weight is 534 g/mol. The van der Waals surface area contributed by atoms with Crippen molar-refractivity contribution in [1.29, 1.82) is 0 Å². The monoisotopic (exact) mass is 533 g/mol. The summed E-state index contributed by atoms with van der Waals surface area (Å²) < 4.78 is 16.2. The number of aromatic nitrogens is 3. The first-order valence-electron chi connectivity index (χ1n) is 12.1. The highest BCUT2D eigenvalue weighted by Crippen LogP contribution is 2.38. The Hall–Kier alpha value is -4.24. The van der Waals surface area contributed by atoms with Crippen molar-refractivity contribution >= 4 is 34.4 Å². The number of carbonyl (C=O) groups is 1. The van der Waals surface area contributed by atoms with Gasteiger partial charge in [-0.25, -0.2) is 18.7 Å². The van der Waals surface area contributed by atoms with Crippen LogP contribution in [0.2, 0.25) is 5.02 Å². The predicted octanol–water partition coefficient (Wildman–Crippen LogP) is 4.48. The number of rotatable bonds is 4. The molecular weight excluding hydrogens is 509 g/mol. The Morgan fingerprint density at radius 1 is 1.18 bits per heavy atom. The molecule has 5 rings (SSSR count). The van der Waals surface area contributed by atoms with E-state index in [4.69, 9.17) is 11.6 Å². The first-order chi connectivity index (χ1) is 18.2. The molecule has 0 unspecified atom stereocenters. The van der Waals surface area contributed by atoms with Crippen molar-refractivity contribution < 1.29 is 14.3 Å². The second kappa shape index (κ2) is 9.90. The number of fused-ring (bicyclic) bond motifs is 1. The third-order valence-corrected chi connectivity index (χ3v) is 7.06. The molecule has 0 saturated carbocycles. The third kappa shape index (κ3) is 4.28. The zero-order valence-corrected chi connectivity index (χ0v) is 21.6. The molecule has 2 aromatic heterocycles. The van der Waals surface area contributed by atoms with Gasteiger partial charge < -0.3 is 14.9 Å². The number of phenols is 1. The van der Waals surface area contributed by atoms with Crippen molar-refractivity contribution in [2.75, 3.05) is 24.5 Å².